The van der Waals surface area contributed by atoms with Gasteiger partial charge in [-0.05, 0) is 13.3 Å². The molecule has 1 aliphatic heterocycles. The minimum Gasteiger partial charge on any atom is -0.353 e. The molecule has 0 unspecified atom stereocenters. The number of aromatic nitrogens is 4. The van der Waals surface area contributed by atoms with Crippen molar-refractivity contribution >= 4 is 11.6 Å². The maximum absolute atomic E-state index is 6.18. The molecule has 0 aliphatic carbocycles. The van der Waals surface area contributed by atoms with Gasteiger partial charge in [-0.15, -0.1) is 0 Å². The Hall–Kier alpha value is -1.69. The van der Waals surface area contributed by atoms with E-state index in [9.17, 15) is 0 Å². The summed E-state index contributed by atoms with van der Waals surface area (Å²) in [6, 6.07) is 2.02. The number of anilines is 1. The highest BCUT2D eigenvalue weighted by atomic mass is 15.4. The minimum atomic E-state index is -0.0515. The van der Waals surface area contributed by atoms with Gasteiger partial charge in [-0.2, -0.15) is 14.6 Å². The van der Waals surface area contributed by atoms with Crippen molar-refractivity contribution in [1.82, 2.24) is 19.6 Å². The Balaban J connectivity index is 1.99. The molecule has 0 atom stereocenters. The van der Waals surface area contributed by atoms with Crippen molar-refractivity contribution in [3.05, 3.63) is 18.1 Å². The molecular weight excluding hydrogens is 216 g/mol. The van der Waals surface area contributed by atoms with Crippen LogP contribution in [-0.4, -0.2) is 38.2 Å². The van der Waals surface area contributed by atoms with Crippen LogP contribution in [-0.2, 0) is 0 Å². The average molecular weight is 232 g/mol. The molecule has 0 radical (unpaired) electrons. The smallest absolute Gasteiger partial charge is 0.254 e. The van der Waals surface area contributed by atoms with E-state index in [0.717, 1.165) is 31.0 Å². The summed E-state index contributed by atoms with van der Waals surface area (Å²) in [5.41, 5.74) is 7.08. The van der Waals surface area contributed by atoms with Crippen molar-refractivity contribution in [3.63, 3.8) is 0 Å². The van der Waals surface area contributed by atoms with Gasteiger partial charge in [-0.25, -0.2) is 4.98 Å². The van der Waals surface area contributed by atoms with Crippen LogP contribution in [0.15, 0.2) is 12.4 Å². The Morgan fingerprint density at radius 2 is 2.24 bits per heavy atom. The Morgan fingerprint density at radius 3 is 2.94 bits per heavy atom. The van der Waals surface area contributed by atoms with E-state index in [-0.39, 0.29) is 5.54 Å². The number of rotatable bonds is 2. The lowest BCUT2D eigenvalue weighted by Gasteiger charge is -2.48. The van der Waals surface area contributed by atoms with Crippen LogP contribution in [0.4, 0.5) is 5.82 Å². The van der Waals surface area contributed by atoms with Crippen LogP contribution >= 0.6 is 0 Å². The molecule has 0 amide bonds. The Kier molecular flexibility index (Phi) is 2.09. The van der Waals surface area contributed by atoms with Crippen LogP contribution in [0.2, 0.25) is 0 Å². The molecule has 2 N–H and O–H groups in total. The van der Waals surface area contributed by atoms with Crippen molar-refractivity contribution in [3.8, 4) is 0 Å². The third-order valence-corrected chi connectivity index (χ3v) is 3.40. The molecule has 17 heavy (non-hydrogen) atoms. The molecule has 3 heterocycles. The highest BCUT2D eigenvalue weighted by Gasteiger charge is 2.39. The zero-order chi connectivity index (χ0) is 12.0. The first-order valence-corrected chi connectivity index (χ1v) is 5.82. The first-order chi connectivity index (χ1) is 8.11. The molecule has 0 saturated carbocycles. The summed E-state index contributed by atoms with van der Waals surface area (Å²) in [6.45, 7) is 5.82. The van der Waals surface area contributed by atoms with Gasteiger partial charge in [-0.3, -0.25) is 0 Å². The second kappa shape index (κ2) is 3.40. The van der Waals surface area contributed by atoms with Crippen LogP contribution < -0.4 is 10.6 Å². The first-order valence-electron chi connectivity index (χ1n) is 5.82. The molecule has 90 valence electrons. The molecule has 0 bridgehead atoms. The minimum absolute atomic E-state index is 0.0515. The summed E-state index contributed by atoms with van der Waals surface area (Å²) in [5, 5.41) is 4.20. The van der Waals surface area contributed by atoms with Crippen LogP contribution in [0.3, 0.4) is 0 Å². The molecule has 0 aromatic carbocycles. The molecule has 6 heteroatoms. The van der Waals surface area contributed by atoms with Gasteiger partial charge in [-0.1, -0.05) is 6.92 Å². The second-order valence-corrected chi connectivity index (χ2v) is 4.80. The third kappa shape index (κ3) is 1.56. The predicted molar refractivity (Wildman–Crippen MR) is 64.9 cm³/mol. The van der Waals surface area contributed by atoms with Gasteiger partial charge in [0.05, 0.1) is 5.54 Å². The quantitative estimate of drug-likeness (QED) is 0.809. The SMILES string of the molecule is CCC1(N)CN(c2cc(C)nc3ncnn23)C1. The third-order valence-electron chi connectivity index (χ3n) is 3.40. The lowest BCUT2D eigenvalue weighted by atomic mass is 9.88. The lowest BCUT2D eigenvalue weighted by molar-refractivity contribution is 0.318. The summed E-state index contributed by atoms with van der Waals surface area (Å²) in [7, 11) is 0. The van der Waals surface area contributed by atoms with Crippen molar-refractivity contribution in [1.29, 1.82) is 0 Å². The highest BCUT2D eigenvalue weighted by Crippen LogP contribution is 2.28. The van der Waals surface area contributed by atoms with E-state index < -0.39 is 0 Å². The second-order valence-electron chi connectivity index (χ2n) is 4.80. The van der Waals surface area contributed by atoms with Crippen molar-refractivity contribution in [2.75, 3.05) is 18.0 Å². The maximum Gasteiger partial charge on any atom is 0.254 e. The fraction of sp³-hybridized carbons (Fsp3) is 0.545. The summed E-state index contributed by atoms with van der Waals surface area (Å²) in [6.07, 6.45) is 2.52. The Morgan fingerprint density at radius 1 is 1.47 bits per heavy atom. The van der Waals surface area contributed by atoms with Gasteiger partial charge in [0.1, 0.15) is 12.1 Å². The van der Waals surface area contributed by atoms with Gasteiger partial charge >= 0.3 is 0 Å². The van der Waals surface area contributed by atoms with Crippen molar-refractivity contribution in [2.24, 2.45) is 5.73 Å². The molecule has 0 spiro atoms. The van der Waals surface area contributed by atoms with E-state index >= 15 is 0 Å². The van der Waals surface area contributed by atoms with E-state index in [0.29, 0.717) is 5.78 Å². The van der Waals surface area contributed by atoms with Gasteiger partial charge in [0.2, 0.25) is 0 Å². The van der Waals surface area contributed by atoms with Crippen LogP contribution in [0.5, 0.6) is 0 Å². The predicted octanol–water partition coefficient (Wildman–Crippen LogP) is 0.360. The molecule has 2 aromatic rings. The highest BCUT2D eigenvalue weighted by molar-refractivity contribution is 5.50. The summed E-state index contributed by atoms with van der Waals surface area (Å²) < 4.78 is 1.77. The monoisotopic (exact) mass is 232 g/mol. The van der Waals surface area contributed by atoms with Gasteiger partial charge in [0, 0.05) is 24.8 Å². The van der Waals surface area contributed by atoms with E-state index in [1.54, 1.807) is 4.52 Å². The zero-order valence-corrected chi connectivity index (χ0v) is 10.1. The van der Waals surface area contributed by atoms with Crippen molar-refractivity contribution < 1.29 is 0 Å². The van der Waals surface area contributed by atoms with E-state index in [2.05, 4.69) is 26.9 Å². The topological polar surface area (TPSA) is 72.3 Å². The average Bonchev–Trinajstić information content (AvgIpc) is 2.71. The first kappa shape index (κ1) is 10.5. The largest absolute Gasteiger partial charge is 0.353 e. The summed E-state index contributed by atoms with van der Waals surface area (Å²) in [5.74, 6) is 1.67. The zero-order valence-electron chi connectivity index (χ0n) is 10.1. The van der Waals surface area contributed by atoms with Gasteiger partial charge in [0.15, 0.2) is 0 Å². The number of nitrogens with zero attached hydrogens (tertiary/aromatic N) is 5. The molecule has 1 aliphatic rings. The van der Waals surface area contributed by atoms with E-state index in [1.165, 1.54) is 6.33 Å². The normalized spacial score (nSPS) is 18.4. The fourth-order valence-corrected chi connectivity index (χ4v) is 2.24. The Labute approximate surface area is 99.5 Å². The molecule has 3 rings (SSSR count). The standard InChI is InChI=1S/C11H16N6/c1-3-11(12)5-16(6-11)9-4-8(2)15-10-13-7-14-17(9)10/h4,7H,3,5-6,12H2,1-2H3. The molecular formula is C11H16N6. The van der Waals surface area contributed by atoms with Crippen molar-refractivity contribution in [2.45, 2.75) is 25.8 Å². The van der Waals surface area contributed by atoms with E-state index in [4.69, 9.17) is 5.73 Å². The molecule has 6 nitrogen and oxygen atoms in total. The molecule has 1 saturated heterocycles. The molecule has 2 aromatic heterocycles. The van der Waals surface area contributed by atoms with Crippen LogP contribution in [0.25, 0.3) is 5.78 Å². The lowest BCUT2D eigenvalue weighted by Crippen LogP contribution is -2.67. The number of nitrogens with two attached hydrogens (primary N) is 1. The fourth-order valence-electron chi connectivity index (χ4n) is 2.24. The number of fused-ring (bicyclic) bond motifs is 1. The summed E-state index contributed by atoms with van der Waals surface area (Å²) in [4.78, 5) is 10.7. The Bertz CT molecular complexity index is 554. The van der Waals surface area contributed by atoms with Gasteiger partial charge < -0.3 is 10.6 Å². The van der Waals surface area contributed by atoms with E-state index in [1.807, 2.05) is 13.0 Å². The maximum atomic E-state index is 6.18. The molecule has 1 fully saturated rings. The van der Waals surface area contributed by atoms with Crippen LogP contribution in [0, 0.1) is 6.92 Å². The van der Waals surface area contributed by atoms with Crippen LogP contribution in [0.1, 0.15) is 19.0 Å². The number of hydrogen-bond acceptors (Lipinski definition) is 5. The number of hydrogen-bond donors (Lipinski definition) is 1. The van der Waals surface area contributed by atoms with Gasteiger partial charge in [0.25, 0.3) is 5.78 Å². The summed E-state index contributed by atoms with van der Waals surface area (Å²) >= 11 is 0. The number of aryl methyl sites for hydroxylation is 1.